The number of piperidine rings is 1. The number of carboxylic acid groups (broad SMARTS) is 1. The van der Waals surface area contributed by atoms with E-state index in [1.54, 1.807) is 13.0 Å². The average molecular weight is 655 g/mol. The molecule has 0 radical (unpaired) electrons. The van der Waals surface area contributed by atoms with Gasteiger partial charge in [-0.1, -0.05) is 38.2 Å². The summed E-state index contributed by atoms with van der Waals surface area (Å²) < 4.78 is 59.5. The summed E-state index contributed by atoms with van der Waals surface area (Å²) in [7, 11) is -3.64. The number of sulfonamides is 1. The molecule has 0 aromatic heterocycles. The largest absolute Gasteiger partial charge is 0.490 e. The third-order valence-electron chi connectivity index (χ3n) is 9.12. The Kier molecular flexibility index (Phi) is 10.8. The second-order valence-corrected chi connectivity index (χ2v) is 14.1. The molecule has 2 aliphatic heterocycles. The zero-order valence-electron chi connectivity index (χ0n) is 25.6. The van der Waals surface area contributed by atoms with Crippen LogP contribution in [0.4, 0.5) is 18.9 Å². The Morgan fingerprint density at radius 1 is 1.07 bits per heavy atom. The van der Waals surface area contributed by atoms with Crippen molar-refractivity contribution >= 4 is 45.4 Å². The quantitative estimate of drug-likeness (QED) is 0.435. The van der Waals surface area contributed by atoms with Gasteiger partial charge in [0.2, 0.25) is 15.9 Å². The number of carbonyl (C=O) groups is 3. The maximum atomic E-state index is 13.2. The molecule has 45 heavy (non-hydrogen) atoms. The fourth-order valence-electron chi connectivity index (χ4n) is 6.62. The van der Waals surface area contributed by atoms with E-state index < -0.39 is 27.7 Å². The molecule has 2 saturated carbocycles. The highest BCUT2D eigenvalue weighted by molar-refractivity contribution is 7.92. The normalized spacial score (nSPS) is 21.4. The van der Waals surface area contributed by atoms with Crippen LogP contribution in [0.5, 0.6) is 0 Å². The van der Waals surface area contributed by atoms with Crippen LogP contribution in [0.1, 0.15) is 88.7 Å². The number of aliphatic imine (C=N–C) groups is 1. The van der Waals surface area contributed by atoms with Crippen molar-refractivity contribution in [3.05, 3.63) is 34.7 Å². The Morgan fingerprint density at radius 3 is 2.18 bits per heavy atom. The maximum Gasteiger partial charge on any atom is 0.490 e. The number of rotatable bonds is 6. The summed E-state index contributed by atoms with van der Waals surface area (Å²) in [5, 5.41) is 11.4. The van der Waals surface area contributed by atoms with E-state index in [0.717, 1.165) is 61.2 Å². The molecule has 2 N–H and O–H groups in total. The predicted octanol–water partition coefficient (Wildman–Crippen LogP) is 5.17. The number of benzene rings is 1. The third-order valence-corrected chi connectivity index (χ3v) is 10.7. The number of alkyl halides is 3. The van der Waals surface area contributed by atoms with E-state index in [4.69, 9.17) is 14.9 Å². The summed E-state index contributed by atoms with van der Waals surface area (Å²) in [6.45, 7) is 4.09. The van der Waals surface area contributed by atoms with Crippen molar-refractivity contribution in [2.24, 2.45) is 10.9 Å². The number of anilines is 1. The zero-order valence-corrected chi connectivity index (χ0v) is 26.4. The van der Waals surface area contributed by atoms with E-state index in [-0.39, 0.29) is 30.9 Å². The summed E-state index contributed by atoms with van der Waals surface area (Å²) in [5.41, 5.74) is 1.77. The molecule has 2 heterocycles. The molecular formula is C31H41F3N4O6S. The molecule has 2 aliphatic carbocycles. The van der Waals surface area contributed by atoms with Crippen molar-refractivity contribution < 1.29 is 41.1 Å². The van der Waals surface area contributed by atoms with Gasteiger partial charge in [-0.3, -0.25) is 14.6 Å². The summed E-state index contributed by atoms with van der Waals surface area (Å²) in [6.07, 6.45) is 7.38. The molecule has 1 spiro atoms. The molecule has 2 amide bonds. The zero-order chi connectivity index (χ0) is 33.0. The van der Waals surface area contributed by atoms with Gasteiger partial charge >= 0.3 is 12.1 Å². The monoisotopic (exact) mass is 654 g/mol. The van der Waals surface area contributed by atoms with Crippen LogP contribution < -0.4 is 10.2 Å². The number of nitrogens with zero attached hydrogens (tertiary/aromatic N) is 3. The molecule has 248 valence electrons. The molecule has 0 unspecified atom stereocenters. The number of amides is 2. The van der Waals surface area contributed by atoms with Crippen LogP contribution in [0.25, 0.3) is 6.08 Å². The Hall–Kier alpha value is -3.26. The number of nitrogens with one attached hydrogen (secondary N) is 1. The molecule has 4 aliphatic rings. The number of carboxylic acids is 1. The van der Waals surface area contributed by atoms with Gasteiger partial charge in [0.05, 0.1) is 0 Å². The molecule has 3 fully saturated rings. The molecule has 0 atom stereocenters. The van der Waals surface area contributed by atoms with Gasteiger partial charge < -0.3 is 15.3 Å². The minimum absolute atomic E-state index is 0.0381. The second-order valence-electron chi connectivity index (χ2n) is 12.2. The molecule has 0 bridgehead atoms. The van der Waals surface area contributed by atoms with Gasteiger partial charge in [-0.2, -0.15) is 17.5 Å². The first-order valence-electron chi connectivity index (χ1n) is 15.4. The van der Waals surface area contributed by atoms with Crippen molar-refractivity contribution in [3.8, 4) is 0 Å². The van der Waals surface area contributed by atoms with Crippen molar-refractivity contribution in [2.45, 2.75) is 102 Å². The van der Waals surface area contributed by atoms with Crippen molar-refractivity contribution in [3.63, 3.8) is 0 Å². The second kappa shape index (κ2) is 14.0. The van der Waals surface area contributed by atoms with E-state index in [0.29, 0.717) is 18.8 Å². The minimum Gasteiger partial charge on any atom is -0.475 e. The Morgan fingerprint density at radius 2 is 1.64 bits per heavy atom. The van der Waals surface area contributed by atoms with Crippen molar-refractivity contribution in [1.82, 2.24) is 9.62 Å². The predicted molar refractivity (Wildman–Crippen MR) is 164 cm³/mol. The lowest BCUT2D eigenvalue weighted by Gasteiger charge is -2.34. The fourth-order valence-corrected chi connectivity index (χ4v) is 7.80. The highest BCUT2D eigenvalue weighted by atomic mass is 32.2. The highest BCUT2D eigenvalue weighted by Gasteiger charge is 2.48. The lowest BCUT2D eigenvalue weighted by molar-refractivity contribution is -0.192. The van der Waals surface area contributed by atoms with Gasteiger partial charge in [-0.05, 0) is 74.8 Å². The van der Waals surface area contributed by atoms with Gasteiger partial charge in [0.25, 0.3) is 5.91 Å². The van der Waals surface area contributed by atoms with Crippen LogP contribution in [0, 0.1) is 12.8 Å². The summed E-state index contributed by atoms with van der Waals surface area (Å²) in [5.74, 6) is -1.64. The van der Waals surface area contributed by atoms with Crippen LogP contribution in [0.2, 0.25) is 0 Å². The number of hydrogen-bond acceptors (Lipinski definition) is 6. The molecule has 14 heteroatoms. The van der Waals surface area contributed by atoms with Crippen LogP contribution in [-0.2, 0) is 24.4 Å². The van der Waals surface area contributed by atoms with Gasteiger partial charge in [0, 0.05) is 43.1 Å². The topological polar surface area (TPSA) is 136 Å². The van der Waals surface area contributed by atoms with Gasteiger partial charge in [-0.15, -0.1) is 0 Å². The number of hydrogen-bond donors (Lipinski definition) is 2. The van der Waals surface area contributed by atoms with Gasteiger partial charge in [-0.25, -0.2) is 13.2 Å². The van der Waals surface area contributed by atoms with Gasteiger partial charge in [0.15, 0.2) is 0 Å². The van der Waals surface area contributed by atoms with Crippen molar-refractivity contribution in [1.29, 1.82) is 0 Å². The lowest BCUT2D eigenvalue weighted by Crippen LogP contribution is -2.50. The molecule has 1 aromatic carbocycles. The van der Waals surface area contributed by atoms with Gasteiger partial charge in [0.1, 0.15) is 11.4 Å². The number of halogens is 3. The molecule has 10 nitrogen and oxygen atoms in total. The maximum absolute atomic E-state index is 13.2. The first-order chi connectivity index (χ1) is 21.1. The average Bonchev–Trinajstić information content (AvgIpc) is 3.61. The molecular weight excluding hydrogens is 613 g/mol. The van der Waals surface area contributed by atoms with E-state index in [1.807, 2.05) is 30.0 Å². The van der Waals surface area contributed by atoms with E-state index in [1.165, 1.54) is 29.0 Å². The van der Waals surface area contributed by atoms with Crippen molar-refractivity contribution in [2.75, 3.05) is 18.0 Å². The Balaban J connectivity index is 0.000000591. The fraction of sp³-hybridized carbons (Fsp3) is 0.613. The number of carbonyl (C=O) groups excluding carboxylic acids is 2. The summed E-state index contributed by atoms with van der Waals surface area (Å²) >= 11 is 0. The van der Waals surface area contributed by atoms with Crippen LogP contribution >= 0.6 is 0 Å². The smallest absolute Gasteiger partial charge is 0.475 e. The number of aliphatic carboxylic acids is 1. The summed E-state index contributed by atoms with van der Waals surface area (Å²) in [6, 6.07) is 6.00. The Bertz CT molecular complexity index is 1440. The molecule has 5 rings (SSSR count). The SMILES string of the molecule is CC(=O)N(c1ccc(/C=C/S(=O)(=O)N2CCC3(CC2)N=C(C2CCCCC2)NC3=O)c(C)c1)C1CCCC1.O=C(O)C(F)(F)F. The number of aryl methyl sites for hydroxylation is 1. The highest BCUT2D eigenvalue weighted by Crippen LogP contribution is 2.35. The molecule has 1 aromatic rings. The minimum atomic E-state index is -5.08. The van der Waals surface area contributed by atoms with Crippen LogP contribution in [-0.4, -0.2) is 72.3 Å². The standard InChI is InChI=1S/C29H40N4O4S.C2HF3O2/c1-21-20-26(33(22(2)34)25-10-6-7-11-25)13-12-23(21)14-19-38(36,37)32-17-15-29(16-18-32)28(35)30-27(31-29)24-8-4-3-5-9-24;3-2(4,5)1(6)7/h12-14,19-20,24-25H,3-11,15-18H2,1-2H3,(H,30,31,35);(H,6,7)/b19-14+;. The summed E-state index contributed by atoms with van der Waals surface area (Å²) in [4.78, 5) is 40.9. The van der Waals surface area contributed by atoms with Crippen LogP contribution in [0.15, 0.2) is 28.6 Å². The van der Waals surface area contributed by atoms with E-state index in [2.05, 4.69) is 5.32 Å². The Labute approximate surface area is 261 Å². The molecule has 1 saturated heterocycles. The van der Waals surface area contributed by atoms with Crippen LogP contribution in [0.3, 0.4) is 0 Å². The first kappa shape index (κ1) is 34.6. The number of amidine groups is 1. The van der Waals surface area contributed by atoms with E-state index >= 15 is 0 Å². The van der Waals surface area contributed by atoms with E-state index in [9.17, 15) is 31.2 Å². The first-order valence-corrected chi connectivity index (χ1v) is 16.9. The lowest BCUT2D eigenvalue weighted by atomic mass is 9.88. The third kappa shape index (κ3) is 8.32.